The van der Waals surface area contributed by atoms with Crippen molar-refractivity contribution in [2.75, 3.05) is 0 Å². The summed E-state index contributed by atoms with van der Waals surface area (Å²) in [6.07, 6.45) is 0.918. The standard InChI is InChI=1S/C77H46S2/c1-5-21-58-46(13-1)17-9-25-62(58)52-33-35-74-70(40-52)72-44-56(64-27-11-19-48-15-3-7-23-60(48)64)42-68(76(72)78-74)54-31-29-50-37-51-30-32-55(39-67(51)66(50)38-54)69-43-57(65-28-12-20-49-16-4-8-24-61(49)65)45-73-71-41-53(34-36-75(71)79-77(69)73)63-26-10-18-47-14-2-6-22-59(47)63/h1-36,38-45H,37H2. The Kier molecular flexibility index (Phi) is 9.92. The average Bonchev–Trinajstić information content (AvgIpc) is 4.43. The van der Waals surface area contributed by atoms with Crippen LogP contribution < -0.4 is 0 Å². The molecule has 0 saturated carbocycles. The largest absolute Gasteiger partial charge is 0.135 e. The minimum atomic E-state index is 0.918. The monoisotopic (exact) mass is 1030 g/mol. The highest BCUT2D eigenvalue weighted by Crippen LogP contribution is 2.50. The Morgan fingerprint density at radius 1 is 0.203 bits per heavy atom. The Labute approximate surface area is 465 Å². The summed E-state index contributed by atoms with van der Waals surface area (Å²) in [5.41, 5.74) is 20.5. The van der Waals surface area contributed by atoms with Gasteiger partial charge in [0.1, 0.15) is 0 Å². The molecular weight excluding hydrogens is 989 g/mol. The van der Waals surface area contributed by atoms with E-state index in [0.29, 0.717) is 0 Å². The fourth-order valence-electron chi connectivity index (χ4n) is 13.2. The Balaban J connectivity index is 0.850. The van der Waals surface area contributed by atoms with Gasteiger partial charge in [0.25, 0.3) is 0 Å². The van der Waals surface area contributed by atoms with E-state index >= 15 is 0 Å². The van der Waals surface area contributed by atoms with Crippen LogP contribution >= 0.6 is 22.7 Å². The number of fused-ring (bicyclic) bond motifs is 13. The lowest BCUT2D eigenvalue weighted by Crippen LogP contribution is -1.88. The van der Waals surface area contributed by atoms with E-state index in [-0.39, 0.29) is 0 Å². The Morgan fingerprint density at radius 3 is 0.899 bits per heavy atom. The van der Waals surface area contributed by atoms with Crippen molar-refractivity contribution in [1.29, 1.82) is 0 Å². The molecule has 14 aromatic carbocycles. The highest BCUT2D eigenvalue weighted by Gasteiger charge is 2.24. The maximum atomic E-state index is 2.51. The molecule has 79 heavy (non-hydrogen) atoms. The number of hydrogen-bond donors (Lipinski definition) is 0. The van der Waals surface area contributed by atoms with Crippen molar-refractivity contribution in [3.63, 3.8) is 0 Å². The van der Waals surface area contributed by atoms with Crippen molar-refractivity contribution in [2.24, 2.45) is 0 Å². The van der Waals surface area contributed by atoms with E-state index in [2.05, 4.69) is 267 Å². The summed E-state index contributed by atoms with van der Waals surface area (Å²) >= 11 is 3.84. The summed E-state index contributed by atoms with van der Waals surface area (Å²) in [4.78, 5) is 0. The van der Waals surface area contributed by atoms with Crippen molar-refractivity contribution in [1.82, 2.24) is 0 Å². The minimum Gasteiger partial charge on any atom is -0.135 e. The lowest BCUT2D eigenvalue weighted by Gasteiger charge is -2.14. The maximum Gasteiger partial charge on any atom is 0.0434 e. The number of thiophene rings is 2. The zero-order chi connectivity index (χ0) is 51.7. The van der Waals surface area contributed by atoms with Crippen LogP contribution in [-0.2, 0) is 6.42 Å². The van der Waals surface area contributed by atoms with Gasteiger partial charge in [0, 0.05) is 51.5 Å². The average molecular weight is 1040 g/mol. The lowest BCUT2D eigenvalue weighted by molar-refractivity contribution is 1.26. The van der Waals surface area contributed by atoms with Crippen LogP contribution in [0.25, 0.3) is 161 Å². The van der Waals surface area contributed by atoms with Gasteiger partial charge in [-0.1, -0.05) is 206 Å². The zero-order valence-electron chi connectivity index (χ0n) is 42.9. The van der Waals surface area contributed by atoms with Crippen molar-refractivity contribution < 1.29 is 0 Å². The SMILES string of the molecule is c1ccc2c(-c3ccc4sc5c(-c6ccc7c(c6)-c6cc(-c8cc(-c9cccc%10ccccc9%10)cc9c8sc8ccc(-c%10cccc%11ccccc%10%11)cc89)ccc6C7)cc(-c6cccc7ccccc67)cc5c4c3)cccc2c1. The van der Waals surface area contributed by atoms with Crippen LogP contribution in [0.5, 0.6) is 0 Å². The van der Waals surface area contributed by atoms with Gasteiger partial charge in [-0.15, -0.1) is 22.7 Å². The first-order chi connectivity index (χ1) is 39.1. The molecule has 0 fully saturated rings. The lowest BCUT2D eigenvalue weighted by atomic mass is 9.90. The van der Waals surface area contributed by atoms with E-state index < -0.39 is 0 Å². The van der Waals surface area contributed by atoms with Gasteiger partial charge in [0.15, 0.2) is 0 Å². The molecule has 0 unspecified atom stereocenters. The summed E-state index contributed by atoms with van der Waals surface area (Å²) in [5, 5.41) is 15.3. The normalized spacial score (nSPS) is 12.3. The second kappa shape index (κ2) is 17.5. The van der Waals surface area contributed by atoms with Gasteiger partial charge in [-0.05, 0) is 188 Å². The minimum absolute atomic E-state index is 0.918. The molecule has 366 valence electrons. The first-order valence-corrected chi connectivity index (χ1v) is 29.0. The second-order valence-corrected chi connectivity index (χ2v) is 23.6. The highest BCUT2D eigenvalue weighted by atomic mass is 32.1. The molecule has 0 amide bonds. The molecule has 0 N–H and O–H groups in total. The molecule has 16 aromatic rings. The molecule has 0 bridgehead atoms. The Morgan fingerprint density at radius 2 is 0.506 bits per heavy atom. The number of hydrogen-bond acceptors (Lipinski definition) is 2. The predicted octanol–water partition coefficient (Wildman–Crippen LogP) is 22.6. The molecule has 0 radical (unpaired) electrons. The van der Waals surface area contributed by atoms with E-state index in [1.54, 1.807) is 0 Å². The van der Waals surface area contributed by atoms with E-state index in [0.717, 1.165) is 6.42 Å². The molecule has 17 rings (SSSR count). The first kappa shape index (κ1) is 44.7. The predicted molar refractivity (Wildman–Crippen MR) is 343 cm³/mol. The van der Waals surface area contributed by atoms with Gasteiger partial charge in [-0.2, -0.15) is 0 Å². The van der Waals surface area contributed by atoms with Crippen LogP contribution in [0.3, 0.4) is 0 Å². The van der Waals surface area contributed by atoms with Crippen LogP contribution in [0.2, 0.25) is 0 Å². The molecule has 1 aliphatic rings. The molecule has 0 nitrogen and oxygen atoms in total. The van der Waals surface area contributed by atoms with Crippen LogP contribution in [0, 0.1) is 0 Å². The third kappa shape index (κ3) is 7.12. The van der Waals surface area contributed by atoms with E-state index in [4.69, 9.17) is 0 Å². The zero-order valence-corrected chi connectivity index (χ0v) is 44.6. The fraction of sp³-hybridized carbons (Fsp3) is 0.0130. The van der Waals surface area contributed by atoms with Gasteiger partial charge in [0.2, 0.25) is 0 Å². The maximum absolute atomic E-state index is 2.51. The number of benzene rings is 14. The summed E-state index contributed by atoms with van der Waals surface area (Å²) in [5.74, 6) is 0. The van der Waals surface area contributed by atoms with Gasteiger partial charge in [0.05, 0.1) is 0 Å². The number of rotatable bonds is 6. The quantitative estimate of drug-likeness (QED) is 0.156. The first-order valence-electron chi connectivity index (χ1n) is 27.3. The van der Waals surface area contributed by atoms with Crippen LogP contribution in [0.15, 0.2) is 267 Å². The third-order valence-corrected chi connectivity index (χ3v) is 19.5. The van der Waals surface area contributed by atoms with E-state index in [9.17, 15) is 0 Å². The fourth-order valence-corrected chi connectivity index (χ4v) is 15.6. The third-order valence-electron chi connectivity index (χ3n) is 17.1. The smallest absolute Gasteiger partial charge is 0.0434 e. The molecule has 2 heteroatoms. The Hall–Kier alpha value is -9.44. The second-order valence-electron chi connectivity index (χ2n) is 21.5. The molecule has 2 heterocycles. The van der Waals surface area contributed by atoms with Crippen molar-refractivity contribution in [2.45, 2.75) is 6.42 Å². The van der Waals surface area contributed by atoms with Crippen molar-refractivity contribution in [3.05, 3.63) is 278 Å². The Bertz CT molecular complexity index is 4890. The van der Waals surface area contributed by atoms with Crippen molar-refractivity contribution in [3.8, 4) is 77.9 Å². The summed E-state index contributed by atoms with van der Waals surface area (Å²) in [6.45, 7) is 0. The van der Waals surface area contributed by atoms with Gasteiger partial charge in [-0.3, -0.25) is 0 Å². The summed E-state index contributed by atoms with van der Waals surface area (Å²) in [6, 6.07) is 101. The molecule has 1 aliphatic carbocycles. The molecular formula is C77H46S2. The van der Waals surface area contributed by atoms with E-state index in [1.807, 2.05) is 22.7 Å². The molecule has 0 atom stereocenters. The highest BCUT2D eigenvalue weighted by molar-refractivity contribution is 7.26. The summed E-state index contributed by atoms with van der Waals surface area (Å²) in [7, 11) is 0. The van der Waals surface area contributed by atoms with Crippen LogP contribution in [0.4, 0.5) is 0 Å². The molecule has 2 aromatic heterocycles. The molecule has 0 spiro atoms. The van der Waals surface area contributed by atoms with Crippen LogP contribution in [0.1, 0.15) is 11.1 Å². The van der Waals surface area contributed by atoms with Crippen molar-refractivity contribution >= 4 is 106 Å². The van der Waals surface area contributed by atoms with Crippen LogP contribution in [-0.4, -0.2) is 0 Å². The van der Waals surface area contributed by atoms with E-state index in [1.165, 1.54) is 172 Å². The summed E-state index contributed by atoms with van der Waals surface area (Å²) < 4.78 is 5.24. The van der Waals surface area contributed by atoms with Gasteiger partial charge in [-0.25, -0.2) is 0 Å². The van der Waals surface area contributed by atoms with Gasteiger partial charge >= 0.3 is 0 Å². The molecule has 0 aliphatic heterocycles. The molecule has 0 saturated heterocycles. The van der Waals surface area contributed by atoms with Gasteiger partial charge < -0.3 is 0 Å². The topological polar surface area (TPSA) is 0 Å².